The lowest BCUT2D eigenvalue weighted by atomic mass is 9.83. The highest BCUT2D eigenvalue weighted by Gasteiger charge is 2.51. The Hall–Kier alpha value is -2.11. The van der Waals surface area contributed by atoms with Gasteiger partial charge in [-0.15, -0.1) is 0 Å². The fourth-order valence-electron chi connectivity index (χ4n) is 7.03. The van der Waals surface area contributed by atoms with E-state index in [-0.39, 0.29) is 31.0 Å². The van der Waals surface area contributed by atoms with Crippen LogP contribution in [0.4, 0.5) is 0 Å². The van der Waals surface area contributed by atoms with Crippen molar-refractivity contribution >= 4 is 18.0 Å². The van der Waals surface area contributed by atoms with Crippen molar-refractivity contribution in [3.05, 3.63) is 24.3 Å². The third-order valence-electron chi connectivity index (χ3n) is 10.2. The van der Waals surface area contributed by atoms with Crippen LogP contribution in [0.25, 0.3) is 0 Å². The van der Waals surface area contributed by atoms with Crippen LogP contribution in [0, 0.1) is 17.8 Å². The summed E-state index contributed by atoms with van der Waals surface area (Å²) < 4.78 is 36.2. The molecule has 0 bridgehead atoms. The van der Waals surface area contributed by atoms with Crippen molar-refractivity contribution in [2.75, 3.05) is 21.2 Å². The number of carbonyl (C=O) groups is 3. The first kappa shape index (κ1) is 42.3. The highest BCUT2D eigenvalue weighted by molar-refractivity contribution is 5.91. The number of hydrogen-bond donors (Lipinski definition) is 4. The molecule has 4 N–H and O–H groups in total. The maximum absolute atomic E-state index is 13.1. The Morgan fingerprint density at radius 3 is 2.24 bits per heavy atom. The van der Waals surface area contributed by atoms with Crippen molar-refractivity contribution in [3.63, 3.8) is 0 Å². The molecule has 0 radical (unpaired) electrons. The van der Waals surface area contributed by atoms with E-state index in [0.29, 0.717) is 6.29 Å². The number of nitrogens with zero attached hydrogens (tertiary/aromatic N) is 1. The third kappa shape index (κ3) is 10.7. The van der Waals surface area contributed by atoms with E-state index in [9.17, 15) is 34.8 Å². The van der Waals surface area contributed by atoms with Gasteiger partial charge in [-0.1, -0.05) is 32.1 Å². The van der Waals surface area contributed by atoms with Crippen molar-refractivity contribution in [3.8, 4) is 0 Å². The molecule has 16 atom stereocenters. The molecule has 3 rings (SSSR count). The average molecular weight is 714 g/mol. The number of aliphatic hydroxyl groups is 4. The maximum Gasteiger partial charge on any atom is 0.308 e. The highest BCUT2D eigenvalue weighted by Crippen LogP contribution is 2.36. The molecule has 50 heavy (non-hydrogen) atoms. The summed E-state index contributed by atoms with van der Waals surface area (Å²) in [5, 5.41) is 44.3. The smallest absolute Gasteiger partial charge is 0.308 e. The quantitative estimate of drug-likeness (QED) is 0.208. The molecule has 0 aliphatic carbocycles. The molecule has 0 spiro atoms. The van der Waals surface area contributed by atoms with E-state index in [0.717, 1.165) is 0 Å². The molecule has 3 heterocycles. The van der Waals surface area contributed by atoms with Crippen molar-refractivity contribution in [2.24, 2.45) is 17.8 Å². The molecule has 286 valence electrons. The Kier molecular flexibility index (Phi) is 15.7. The number of methoxy groups -OCH3 is 1. The molecule has 2 fully saturated rings. The Morgan fingerprint density at radius 1 is 0.960 bits per heavy atom. The Labute approximate surface area is 295 Å². The number of allylic oxidation sites excluding steroid dienone is 3. The van der Waals surface area contributed by atoms with E-state index >= 15 is 0 Å². The van der Waals surface area contributed by atoms with Gasteiger partial charge in [-0.3, -0.25) is 9.59 Å². The number of aliphatic hydroxyl groups excluding tert-OH is 3. The van der Waals surface area contributed by atoms with Crippen LogP contribution >= 0.6 is 0 Å². The zero-order valence-electron chi connectivity index (χ0n) is 30.8. The molecule has 3 aliphatic heterocycles. The molecule has 0 amide bonds. The number of ether oxygens (including phenoxy) is 6. The second-order valence-corrected chi connectivity index (χ2v) is 14.6. The number of rotatable bonds is 8. The van der Waals surface area contributed by atoms with Gasteiger partial charge in [0, 0.05) is 31.8 Å². The lowest BCUT2D eigenvalue weighted by Crippen LogP contribution is -2.65. The number of esters is 1. The predicted molar refractivity (Wildman–Crippen MR) is 181 cm³/mol. The van der Waals surface area contributed by atoms with Gasteiger partial charge in [0.05, 0.1) is 42.5 Å². The summed E-state index contributed by atoms with van der Waals surface area (Å²) in [6.07, 6.45) is -4.36. The van der Waals surface area contributed by atoms with Crippen LogP contribution in [0.3, 0.4) is 0 Å². The molecule has 0 aromatic heterocycles. The van der Waals surface area contributed by atoms with Crippen LogP contribution in [-0.2, 0) is 42.8 Å². The van der Waals surface area contributed by atoms with Crippen molar-refractivity contribution in [1.82, 2.24) is 4.90 Å². The van der Waals surface area contributed by atoms with E-state index in [1.165, 1.54) is 20.1 Å². The molecule has 0 aromatic rings. The summed E-state index contributed by atoms with van der Waals surface area (Å²) in [7, 11) is 4.83. The lowest BCUT2D eigenvalue weighted by Gasteiger charge is -2.50. The Bertz CT molecular complexity index is 1180. The van der Waals surface area contributed by atoms with Crippen LogP contribution in [0.2, 0.25) is 0 Å². The number of cyclic esters (lactones) is 1. The summed E-state index contributed by atoms with van der Waals surface area (Å²) in [4.78, 5) is 39.9. The molecule has 2 saturated heterocycles. The maximum atomic E-state index is 13.1. The minimum absolute atomic E-state index is 0.0245. The summed E-state index contributed by atoms with van der Waals surface area (Å²) in [5.74, 6) is -2.29. The van der Waals surface area contributed by atoms with Gasteiger partial charge in [0.2, 0.25) is 0 Å². The highest BCUT2D eigenvalue weighted by atomic mass is 16.7. The second-order valence-electron chi connectivity index (χ2n) is 14.6. The van der Waals surface area contributed by atoms with Gasteiger partial charge in [0.15, 0.2) is 18.4 Å². The largest absolute Gasteiger partial charge is 0.462 e. The zero-order chi connectivity index (χ0) is 37.5. The van der Waals surface area contributed by atoms with Gasteiger partial charge in [0.25, 0.3) is 0 Å². The first-order chi connectivity index (χ1) is 23.4. The lowest BCUT2D eigenvalue weighted by molar-refractivity contribution is -0.344. The average Bonchev–Trinajstić information content (AvgIpc) is 3.02. The first-order valence-corrected chi connectivity index (χ1v) is 17.5. The van der Waals surface area contributed by atoms with Crippen LogP contribution in [0.1, 0.15) is 67.2 Å². The molecule has 14 heteroatoms. The predicted octanol–water partition coefficient (Wildman–Crippen LogP) is 1.30. The summed E-state index contributed by atoms with van der Waals surface area (Å²) in [6, 6.07) is -0.738. The number of hydrogen-bond acceptors (Lipinski definition) is 14. The topological polar surface area (TPSA) is 191 Å². The van der Waals surface area contributed by atoms with Crippen LogP contribution < -0.4 is 0 Å². The fourth-order valence-corrected chi connectivity index (χ4v) is 7.03. The standard InChI is InChI=1S/C36H59NO13/c1-19-12-10-11-13-25(39)20(2)16-24(14-15-38)32(33(45-9)26(40)17-27(41)46-21(19)3)50-35-30(42)29(37(7)8)31(22(4)48-35)49-28-18-36(6,44)34(43)23(5)47-28/h10-13,15,19-24,26,28-35,40,42-44H,14,16-18H2,1-9H3/t19-,20+,21+,22?,23?,24?,26+,28?,29?,30?,31?,32-,33-,34?,35?,36?/m0/s1. The van der Waals surface area contributed by atoms with E-state index in [1.807, 2.05) is 13.0 Å². The van der Waals surface area contributed by atoms with Crippen molar-refractivity contribution < 1.29 is 63.2 Å². The summed E-state index contributed by atoms with van der Waals surface area (Å²) in [6.45, 7) is 10.2. The molecule has 10 unspecified atom stereocenters. The SMILES string of the molecule is CO[C@H]1[C@H](O)CC(=O)O[C@H](C)[C@@H](C)C=CC=CC(=O)[C@H](C)CC(CC=O)[C@@H]1OC1OC(C)C(OC2CC(C)(O)C(O)C(C)O2)C(N(C)C)C1O. The zero-order valence-corrected chi connectivity index (χ0v) is 30.8. The molecule has 14 nitrogen and oxygen atoms in total. The van der Waals surface area contributed by atoms with Crippen LogP contribution in [-0.4, -0.2) is 144 Å². The molecular weight excluding hydrogens is 654 g/mol. The van der Waals surface area contributed by atoms with E-state index < -0.39 is 103 Å². The van der Waals surface area contributed by atoms with E-state index in [4.69, 9.17) is 28.4 Å². The third-order valence-corrected chi connectivity index (χ3v) is 10.2. The van der Waals surface area contributed by atoms with Crippen molar-refractivity contribution in [1.29, 1.82) is 0 Å². The fraction of sp³-hybridized carbons (Fsp3) is 0.806. The van der Waals surface area contributed by atoms with Gasteiger partial charge >= 0.3 is 5.97 Å². The van der Waals surface area contributed by atoms with Gasteiger partial charge in [-0.2, -0.15) is 0 Å². The number of carbonyl (C=O) groups excluding carboxylic acids is 3. The monoisotopic (exact) mass is 713 g/mol. The number of aldehydes is 1. The minimum Gasteiger partial charge on any atom is -0.462 e. The van der Waals surface area contributed by atoms with Crippen molar-refractivity contribution in [2.45, 2.75) is 146 Å². The molecular formula is C36H59NO13. The number of ketones is 1. The first-order valence-electron chi connectivity index (χ1n) is 17.5. The summed E-state index contributed by atoms with van der Waals surface area (Å²) >= 11 is 0. The Balaban J connectivity index is 1.96. The van der Waals surface area contributed by atoms with Crippen LogP contribution in [0.5, 0.6) is 0 Å². The number of likely N-dealkylation sites (N-methyl/N-ethyl adjacent to an activating group) is 1. The normalized spacial score (nSPS) is 44.2. The molecule has 0 aromatic carbocycles. The van der Waals surface area contributed by atoms with E-state index in [1.54, 1.807) is 58.8 Å². The molecule has 0 saturated carbocycles. The van der Waals surface area contributed by atoms with Crippen LogP contribution in [0.15, 0.2) is 24.3 Å². The van der Waals surface area contributed by atoms with Gasteiger partial charge in [-0.25, -0.2) is 0 Å². The summed E-state index contributed by atoms with van der Waals surface area (Å²) in [5.41, 5.74) is -1.47. The minimum atomic E-state index is -1.47. The Morgan fingerprint density at radius 2 is 1.64 bits per heavy atom. The van der Waals surface area contributed by atoms with Gasteiger partial charge < -0.3 is 58.5 Å². The second kappa shape index (κ2) is 18.6. The van der Waals surface area contributed by atoms with E-state index in [2.05, 4.69) is 0 Å². The molecule has 3 aliphatic rings. The van der Waals surface area contributed by atoms with Gasteiger partial charge in [0.1, 0.15) is 36.8 Å². The van der Waals surface area contributed by atoms with Gasteiger partial charge in [-0.05, 0) is 60.2 Å².